The van der Waals surface area contributed by atoms with Crippen molar-refractivity contribution >= 4 is 15.8 Å². The summed E-state index contributed by atoms with van der Waals surface area (Å²) in [5.41, 5.74) is 1.04. The monoisotopic (exact) mass is 329 g/mol. The fourth-order valence-electron chi connectivity index (χ4n) is 2.77. The van der Waals surface area contributed by atoms with E-state index in [4.69, 9.17) is 0 Å². The topological polar surface area (TPSA) is 79.3 Å². The van der Waals surface area contributed by atoms with Crippen LogP contribution in [-0.2, 0) is 16.6 Å². The molecule has 126 valence electrons. The van der Waals surface area contributed by atoms with Gasteiger partial charge in [0.05, 0.1) is 11.9 Å². The third-order valence-electron chi connectivity index (χ3n) is 3.92. The van der Waals surface area contributed by atoms with Gasteiger partial charge < -0.3 is 10.6 Å². The van der Waals surface area contributed by atoms with Gasteiger partial charge in [0, 0.05) is 44.7 Å². The predicted octanol–water partition coefficient (Wildman–Crippen LogP) is 0.494. The van der Waals surface area contributed by atoms with E-state index < -0.39 is 10.0 Å². The van der Waals surface area contributed by atoms with Crippen LogP contribution in [0.1, 0.15) is 19.0 Å². The van der Waals surface area contributed by atoms with E-state index in [0.717, 1.165) is 44.1 Å². The lowest BCUT2D eigenvalue weighted by Crippen LogP contribution is -2.37. The molecule has 22 heavy (non-hydrogen) atoms. The van der Waals surface area contributed by atoms with Crippen molar-refractivity contribution < 1.29 is 8.42 Å². The minimum Gasteiger partial charge on any atom is -0.370 e. The van der Waals surface area contributed by atoms with Crippen LogP contribution in [0.5, 0.6) is 0 Å². The Morgan fingerprint density at radius 3 is 3.00 bits per heavy atom. The summed E-state index contributed by atoms with van der Waals surface area (Å²) < 4.78 is 26.5. The fraction of sp³-hybridized carbons (Fsp3) is 0.786. The van der Waals surface area contributed by atoms with Gasteiger partial charge in [0.15, 0.2) is 0 Å². The molecule has 7 nitrogen and oxygen atoms in total. The molecule has 0 aliphatic carbocycles. The zero-order chi connectivity index (χ0) is 16.2. The van der Waals surface area contributed by atoms with Crippen LogP contribution in [0, 0.1) is 12.8 Å². The number of fused-ring (bicyclic) bond motifs is 1. The van der Waals surface area contributed by atoms with E-state index in [9.17, 15) is 8.42 Å². The van der Waals surface area contributed by atoms with Crippen LogP contribution in [0.3, 0.4) is 0 Å². The van der Waals surface area contributed by atoms with E-state index in [2.05, 4.69) is 21.8 Å². The van der Waals surface area contributed by atoms with Crippen LogP contribution >= 0.6 is 0 Å². The third-order valence-corrected chi connectivity index (χ3v) is 5.30. The second-order valence-electron chi connectivity index (χ2n) is 5.91. The Bertz CT molecular complexity index is 584. The molecule has 0 bridgehead atoms. The zero-order valence-corrected chi connectivity index (χ0v) is 14.5. The first-order chi connectivity index (χ1) is 10.4. The molecular weight excluding hydrogens is 302 g/mol. The van der Waals surface area contributed by atoms with Gasteiger partial charge in [0.1, 0.15) is 5.82 Å². The number of hydrogen-bond donors (Lipinski definition) is 2. The number of anilines is 1. The van der Waals surface area contributed by atoms with Crippen LogP contribution in [0.2, 0.25) is 0 Å². The van der Waals surface area contributed by atoms with Crippen LogP contribution in [0.4, 0.5) is 5.82 Å². The Labute approximate surface area is 133 Å². The smallest absolute Gasteiger partial charge is 0.211 e. The van der Waals surface area contributed by atoms with Crippen molar-refractivity contribution in [3.63, 3.8) is 0 Å². The second-order valence-corrected chi connectivity index (χ2v) is 7.89. The molecule has 1 aromatic rings. The number of rotatable bonds is 8. The number of sulfonamides is 1. The highest BCUT2D eigenvalue weighted by molar-refractivity contribution is 7.88. The van der Waals surface area contributed by atoms with Gasteiger partial charge >= 0.3 is 0 Å². The molecule has 2 heterocycles. The lowest BCUT2D eigenvalue weighted by molar-refractivity contribution is 0.379. The van der Waals surface area contributed by atoms with Crippen molar-refractivity contribution in [2.75, 3.05) is 44.3 Å². The van der Waals surface area contributed by atoms with Crippen molar-refractivity contribution in [1.29, 1.82) is 0 Å². The molecule has 0 saturated carbocycles. The summed E-state index contributed by atoms with van der Waals surface area (Å²) in [5.74, 6) is 1.60. The molecule has 0 fully saturated rings. The second kappa shape index (κ2) is 7.43. The summed E-state index contributed by atoms with van der Waals surface area (Å²) in [5, 5.41) is 11.3. The molecule has 0 radical (unpaired) electrons. The highest BCUT2D eigenvalue weighted by Crippen LogP contribution is 2.17. The minimum absolute atomic E-state index is 0.504. The van der Waals surface area contributed by atoms with E-state index in [0.29, 0.717) is 19.0 Å². The molecule has 8 heteroatoms. The zero-order valence-electron chi connectivity index (χ0n) is 13.7. The van der Waals surface area contributed by atoms with Gasteiger partial charge in [-0.2, -0.15) is 5.10 Å². The SMILES string of the molecule is CCN(CCCNC[C@@H]1CNc2cc(C)nn2C1)S(C)(=O)=O. The molecule has 1 aliphatic heterocycles. The normalized spacial score (nSPS) is 18.3. The molecule has 0 spiro atoms. The van der Waals surface area contributed by atoms with Crippen LogP contribution in [-0.4, -0.2) is 61.5 Å². The van der Waals surface area contributed by atoms with Gasteiger partial charge in [0.2, 0.25) is 10.0 Å². The molecule has 0 saturated heterocycles. The summed E-state index contributed by atoms with van der Waals surface area (Å²) in [4.78, 5) is 0. The lowest BCUT2D eigenvalue weighted by Gasteiger charge is -2.25. The van der Waals surface area contributed by atoms with Gasteiger partial charge in [-0.25, -0.2) is 17.4 Å². The van der Waals surface area contributed by atoms with Gasteiger partial charge in [0.25, 0.3) is 0 Å². The maximum atomic E-state index is 11.5. The van der Waals surface area contributed by atoms with Gasteiger partial charge in [-0.15, -0.1) is 0 Å². The minimum atomic E-state index is -3.07. The number of aromatic nitrogens is 2. The Morgan fingerprint density at radius 1 is 1.55 bits per heavy atom. The van der Waals surface area contributed by atoms with E-state index >= 15 is 0 Å². The van der Waals surface area contributed by atoms with Crippen molar-refractivity contribution in [2.45, 2.75) is 26.8 Å². The average Bonchev–Trinajstić information content (AvgIpc) is 2.80. The van der Waals surface area contributed by atoms with Crippen LogP contribution < -0.4 is 10.6 Å². The molecule has 1 atom stereocenters. The Kier molecular flexibility index (Phi) is 5.82. The first-order valence-corrected chi connectivity index (χ1v) is 9.69. The third kappa shape index (κ3) is 4.69. The van der Waals surface area contributed by atoms with Crippen molar-refractivity contribution in [3.8, 4) is 0 Å². The molecule has 1 aliphatic rings. The summed E-state index contributed by atoms with van der Waals surface area (Å²) in [6, 6.07) is 2.06. The molecule has 0 aromatic carbocycles. The predicted molar refractivity (Wildman–Crippen MR) is 88.5 cm³/mol. The molecule has 0 unspecified atom stereocenters. The maximum Gasteiger partial charge on any atom is 0.211 e. The van der Waals surface area contributed by atoms with Crippen molar-refractivity contribution in [2.24, 2.45) is 5.92 Å². The largest absolute Gasteiger partial charge is 0.370 e. The highest BCUT2D eigenvalue weighted by Gasteiger charge is 2.19. The summed E-state index contributed by atoms with van der Waals surface area (Å²) in [7, 11) is -3.07. The van der Waals surface area contributed by atoms with E-state index in [1.165, 1.54) is 10.6 Å². The Balaban J connectivity index is 1.66. The Hall–Kier alpha value is -1.12. The van der Waals surface area contributed by atoms with Crippen LogP contribution in [0.25, 0.3) is 0 Å². The molecular formula is C14H27N5O2S. The number of aryl methyl sites for hydroxylation is 1. The quantitative estimate of drug-likeness (QED) is 0.679. The average molecular weight is 329 g/mol. The number of nitrogens with one attached hydrogen (secondary N) is 2. The van der Waals surface area contributed by atoms with Crippen molar-refractivity contribution in [3.05, 3.63) is 11.8 Å². The number of nitrogens with zero attached hydrogens (tertiary/aromatic N) is 3. The molecule has 0 amide bonds. The maximum absolute atomic E-state index is 11.5. The van der Waals surface area contributed by atoms with E-state index in [-0.39, 0.29) is 0 Å². The summed E-state index contributed by atoms with van der Waals surface area (Å²) in [6.45, 7) is 8.59. The van der Waals surface area contributed by atoms with Gasteiger partial charge in [-0.1, -0.05) is 6.92 Å². The number of hydrogen-bond acceptors (Lipinski definition) is 5. The molecule has 2 rings (SSSR count). The standard InChI is InChI=1S/C14H27N5O2S/c1-4-18(22(3,20)21)7-5-6-15-9-13-10-16-14-8-12(2)17-19(14)11-13/h8,13,15-16H,4-7,9-11H2,1-3H3/t13-/m1/s1. The van der Waals surface area contributed by atoms with Crippen molar-refractivity contribution in [1.82, 2.24) is 19.4 Å². The lowest BCUT2D eigenvalue weighted by atomic mass is 10.1. The summed E-state index contributed by atoms with van der Waals surface area (Å²) >= 11 is 0. The molecule has 1 aromatic heterocycles. The molecule has 2 N–H and O–H groups in total. The van der Waals surface area contributed by atoms with Crippen LogP contribution in [0.15, 0.2) is 6.07 Å². The van der Waals surface area contributed by atoms with E-state index in [1.54, 1.807) is 0 Å². The van der Waals surface area contributed by atoms with E-state index in [1.807, 2.05) is 18.5 Å². The Morgan fingerprint density at radius 2 is 2.32 bits per heavy atom. The summed E-state index contributed by atoms with van der Waals surface area (Å²) in [6.07, 6.45) is 2.09. The first kappa shape index (κ1) is 17.2. The van der Waals surface area contributed by atoms with Gasteiger partial charge in [-0.05, 0) is 19.9 Å². The highest BCUT2D eigenvalue weighted by atomic mass is 32.2. The fourth-order valence-corrected chi connectivity index (χ4v) is 3.70. The van der Waals surface area contributed by atoms with Gasteiger partial charge in [-0.3, -0.25) is 0 Å². The first-order valence-electron chi connectivity index (χ1n) is 7.84.